The van der Waals surface area contributed by atoms with Crippen LogP contribution in [0.3, 0.4) is 0 Å². The molecule has 0 bridgehead atoms. The van der Waals surface area contributed by atoms with Crippen molar-refractivity contribution in [3.05, 3.63) is 99.3 Å². The van der Waals surface area contributed by atoms with Crippen LogP contribution in [0.2, 0.25) is 0 Å². The predicted molar refractivity (Wildman–Crippen MR) is 135 cm³/mol. The van der Waals surface area contributed by atoms with Gasteiger partial charge in [-0.25, -0.2) is 4.98 Å². The number of fused-ring (bicyclic) bond motifs is 3. The number of anilines is 1. The molecule has 1 aliphatic heterocycles. The van der Waals surface area contributed by atoms with Gasteiger partial charge in [0, 0.05) is 15.4 Å². The number of aromatic amines is 1. The Kier molecular flexibility index (Phi) is 5.53. The number of aromatic hydroxyl groups is 1. The molecule has 3 aromatic rings. The van der Waals surface area contributed by atoms with Gasteiger partial charge in [0.1, 0.15) is 5.75 Å². The lowest BCUT2D eigenvalue weighted by atomic mass is 10.1. The molecule has 6 heteroatoms. The van der Waals surface area contributed by atoms with Crippen molar-refractivity contribution < 1.29 is 9.90 Å². The summed E-state index contributed by atoms with van der Waals surface area (Å²) in [6.07, 6.45) is 0.881. The molecular weight excluding hydrogens is 513 g/mol. The van der Waals surface area contributed by atoms with Gasteiger partial charge in [-0.2, -0.15) is 0 Å². The second-order valence-corrected chi connectivity index (χ2v) is 9.00. The summed E-state index contributed by atoms with van der Waals surface area (Å²) < 4.78 is 1.13. The molecule has 3 aromatic carbocycles. The van der Waals surface area contributed by atoms with E-state index in [0.29, 0.717) is 12.2 Å². The number of H-pyrrole nitrogens is 1. The first-order valence-electron chi connectivity index (χ1n) is 10.3. The maximum absolute atomic E-state index is 12.8. The standard InChI is InChI=1S/C26H20IN3O2/c27-19-8-6-17(7-9-19)13-24(32)30-26-23(12-16-4-2-1-3-5-16)28-25-21-11-10-20(31)14-18(21)15-22(25)29-26/h1-11,14-15,28,31H,12-13H2,(H,30,32). The highest BCUT2D eigenvalue weighted by atomic mass is 127. The van der Waals surface area contributed by atoms with Crippen LogP contribution in [0.5, 0.6) is 5.75 Å². The molecule has 0 saturated carbocycles. The number of phenols is 1. The molecule has 158 valence electrons. The fraction of sp³-hybridized carbons (Fsp3) is 0.0769. The highest BCUT2D eigenvalue weighted by Crippen LogP contribution is 2.35. The van der Waals surface area contributed by atoms with Gasteiger partial charge in [-0.1, -0.05) is 42.5 Å². The predicted octanol–water partition coefficient (Wildman–Crippen LogP) is 5.75. The summed E-state index contributed by atoms with van der Waals surface area (Å²) >= 11 is 2.25. The summed E-state index contributed by atoms with van der Waals surface area (Å²) in [6, 6.07) is 25.2. The van der Waals surface area contributed by atoms with Gasteiger partial charge < -0.3 is 15.4 Å². The van der Waals surface area contributed by atoms with E-state index < -0.39 is 0 Å². The smallest absolute Gasteiger partial charge is 0.229 e. The molecule has 5 rings (SSSR count). The van der Waals surface area contributed by atoms with E-state index in [2.05, 4.69) is 45.0 Å². The molecule has 0 atom stereocenters. The van der Waals surface area contributed by atoms with E-state index in [1.165, 1.54) is 0 Å². The molecule has 2 aliphatic rings. The fourth-order valence-electron chi connectivity index (χ4n) is 3.87. The number of hydrogen-bond donors (Lipinski definition) is 3. The maximum Gasteiger partial charge on any atom is 0.229 e. The van der Waals surface area contributed by atoms with E-state index in [1.54, 1.807) is 12.1 Å². The van der Waals surface area contributed by atoms with Crippen LogP contribution < -0.4 is 5.32 Å². The zero-order chi connectivity index (χ0) is 22.1. The Hall–Kier alpha value is -3.39. The lowest BCUT2D eigenvalue weighted by Crippen LogP contribution is -2.18. The van der Waals surface area contributed by atoms with Crippen molar-refractivity contribution >= 4 is 45.1 Å². The first-order chi connectivity index (χ1) is 15.5. The molecule has 5 nitrogen and oxygen atoms in total. The number of nitrogens with zero attached hydrogens (tertiary/aromatic N) is 1. The molecule has 32 heavy (non-hydrogen) atoms. The van der Waals surface area contributed by atoms with Crippen LogP contribution in [-0.4, -0.2) is 21.0 Å². The third-order valence-corrected chi connectivity index (χ3v) is 6.13. The monoisotopic (exact) mass is 533 g/mol. The molecule has 1 aliphatic carbocycles. The van der Waals surface area contributed by atoms with Gasteiger partial charge in [0.2, 0.25) is 5.91 Å². The minimum absolute atomic E-state index is 0.116. The molecular formula is C26H20IN3O2. The minimum Gasteiger partial charge on any atom is -0.508 e. The second kappa shape index (κ2) is 8.63. The van der Waals surface area contributed by atoms with Crippen LogP contribution >= 0.6 is 22.6 Å². The topological polar surface area (TPSA) is 78.0 Å². The number of hydrogen-bond acceptors (Lipinski definition) is 3. The molecule has 0 spiro atoms. The van der Waals surface area contributed by atoms with Crippen molar-refractivity contribution in [2.24, 2.45) is 0 Å². The Bertz CT molecular complexity index is 1380. The van der Waals surface area contributed by atoms with Crippen LogP contribution in [0.15, 0.2) is 78.9 Å². The summed E-state index contributed by atoms with van der Waals surface area (Å²) in [5.41, 5.74) is 4.53. The van der Waals surface area contributed by atoms with E-state index >= 15 is 0 Å². The highest BCUT2D eigenvalue weighted by Gasteiger charge is 2.18. The Morgan fingerprint density at radius 2 is 1.75 bits per heavy atom. The second-order valence-electron chi connectivity index (χ2n) is 7.75. The molecule has 0 aromatic heterocycles. The van der Waals surface area contributed by atoms with Crippen molar-refractivity contribution in [2.45, 2.75) is 12.8 Å². The summed E-state index contributed by atoms with van der Waals surface area (Å²) in [4.78, 5) is 21.1. The SMILES string of the molecule is O=C(Cc1ccc(I)cc1)Nc1nc2cc3cc(O)ccc3c-2[nH]c1Cc1ccccc1. The number of nitrogens with one attached hydrogen (secondary N) is 2. The molecule has 1 heterocycles. The maximum atomic E-state index is 12.8. The largest absolute Gasteiger partial charge is 0.508 e. The minimum atomic E-state index is -0.116. The number of benzene rings is 3. The van der Waals surface area contributed by atoms with Crippen molar-refractivity contribution in [3.8, 4) is 17.1 Å². The van der Waals surface area contributed by atoms with Gasteiger partial charge in [0.15, 0.2) is 5.82 Å². The van der Waals surface area contributed by atoms with Crippen molar-refractivity contribution in [2.75, 3.05) is 5.32 Å². The normalized spacial score (nSPS) is 11.2. The van der Waals surface area contributed by atoms with Crippen LogP contribution in [0.25, 0.3) is 22.2 Å². The Balaban J connectivity index is 1.53. The third-order valence-electron chi connectivity index (χ3n) is 5.41. The van der Waals surface area contributed by atoms with E-state index in [1.807, 2.05) is 54.6 Å². The zero-order valence-electron chi connectivity index (χ0n) is 17.1. The number of phenolic OH excluding ortho intramolecular Hbond substituents is 1. The molecule has 0 radical (unpaired) electrons. The first-order valence-corrected chi connectivity index (χ1v) is 11.4. The molecule has 1 amide bonds. The zero-order valence-corrected chi connectivity index (χ0v) is 19.3. The Morgan fingerprint density at radius 1 is 0.969 bits per heavy atom. The first kappa shape index (κ1) is 20.5. The van der Waals surface area contributed by atoms with E-state index in [-0.39, 0.29) is 18.1 Å². The van der Waals surface area contributed by atoms with E-state index in [0.717, 1.165) is 42.6 Å². The molecule has 3 N–H and O–H groups in total. The number of carbonyl (C=O) groups is 1. The number of carbonyl (C=O) groups excluding carboxylic acids is 1. The van der Waals surface area contributed by atoms with Gasteiger partial charge in [-0.15, -0.1) is 0 Å². The lowest BCUT2D eigenvalue weighted by Gasteiger charge is -2.14. The Morgan fingerprint density at radius 3 is 2.53 bits per heavy atom. The third kappa shape index (κ3) is 4.31. The number of aromatic nitrogens is 2. The van der Waals surface area contributed by atoms with Crippen LogP contribution in [-0.2, 0) is 17.6 Å². The van der Waals surface area contributed by atoms with Crippen molar-refractivity contribution in [3.63, 3.8) is 0 Å². The average molecular weight is 533 g/mol. The van der Waals surface area contributed by atoms with E-state index in [4.69, 9.17) is 4.98 Å². The number of rotatable bonds is 5. The van der Waals surface area contributed by atoms with Crippen LogP contribution in [0.4, 0.5) is 5.82 Å². The number of halogens is 1. The van der Waals surface area contributed by atoms with Gasteiger partial charge in [0.25, 0.3) is 0 Å². The van der Waals surface area contributed by atoms with Gasteiger partial charge in [0.05, 0.1) is 23.5 Å². The fourth-order valence-corrected chi connectivity index (χ4v) is 4.23. The van der Waals surface area contributed by atoms with Gasteiger partial charge in [-0.05, 0) is 75.5 Å². The summed E-state index contributed by atoms with van der Waals surface area (Å²) in [6.45, 7) is 0. The van der Waals surface area contributed by atoms with Gasteiger partial charge in [-0.3, -0.25) is 4.79 Å². The Labute approximate surface area is 199 Å². The van der Waals surface area contributed by atoms with Gasteiger partial charge >= 0.3 is 0 Å². The average Bonchev–Trinajstić information content (AvgIpc) is 3.12. The molecule has 0 fully saturated rings. The van der Waals surface area contributed by atoms with E-state index in [9.17, 15) is 9.90 Å². The molecule has 0 unspecified atom stereocenters. The lowest BCUT2D eigenvalue weighted by molar-refractivity contribution is -0.115. The summed E-state index contributed by atoms with van der Waals surface area (Å²) in [5, 5.41) is 14.7. The quantitative estimate of drug-likeness (QED) is 0.252. The van der Waals surface area contributed by atoms with Crippen LogP contribution in [0, 0.1) is 3.57 Å². The van der Waals surface area contributed by atoms with Crippen molar-refractivity contribution in [1.82, 2.24) is 9.97 Å². The molecule has 0 saturated heterocycles. The number of amides is 1. The summed E-state index contributed by atoms with van der Waals surface area (Å²) in [5.74, 6) is 0.620. The highest BCUT2D eigenvalue weighted by molar-refractivity contribution is 14.1. The summed E-state index contributed by atoms with van der Waals surface area (Å²) in [7, 11) is 0. The van der Waals surface area contributed by atoms with Crippen molar-refractivity contribution in [1.29, 1.82) is 0 Å². The van der Waals surface area contributed by atoms with Crippen LogP contribution in [0.1, 0.15) is 16.8 Å².